The Morgan fingerprint density at radius 2 is 1.79 bits per heavy atom. The van der Waals surface area contributed by atoms with Crippen molar-refractivity contribution >= 4 is 57.7 Å². The maximum Gasteiger partial charge on any atom is 0.411 e. The molecule has 0 radical (unpaired) electrons. The molecule has 10 nitrogen and oxygen atoms in total. The molecule has 2 unspecified atom stereocenters. The number of ether oxygens (including phenoxy) is 1. The molecule has 2 atom stereocenters. The van der Waals surface area contributed by atoms with Crippen LogP contribution in [0.25, 0.3) is 0 Å². The summed E-state index contributed by atoms with van der Waals surface area (Å²) in [6.45, 7) is 0.0612. The summed E-state index contributed by atoms with van der Waals surface area (Å²) in [6.07, 6.45) is 3.59. The zero-order valence-corrected chi connectivity index (χ0v) is 25.1. The first-order valence-corrected chi connectivity index (χ1v) is 15.7. The molecule has 42 heavy (non-hydrogen) atoms. The molecule has 1 saturated carbocycles. The van der Waals surface area contributed by atoms with Gasteiger partial charge in [0.1, 0.15) is 12.6 Å². The quantitative estimate of drug-likeness (QED) is 0.357. The average molecular weight is 608 g/mol. The van der Waals surface area contributed by atoms with Gasteiger partial charge in [0.15, 0.2) is 5.13 Å². The number of aromatic nitrogens is 1. The summed E-state index contributed by atoms with van der Waals surface area (Å²) in [5.74, 6) is -0.209. The average Bonchev–Trinajstić information content (AvgIpc) is 3.46. The predicted octanol–water partition coefficient (Wildman–Crippen LogP) is 4.65. The van der Waals surface area contributed by atoms with E-state index in [0.29, 0.717) is 28.6 Å². The minimum absolute atomic E-state index is 0.0572. The first-order chi connectivity index (χ1) is 20.3. The monoisotopic (exact) mass is 607 g/mol. The summed E-state index contributed by atoms with van der Waals surface area (Å²) >= 11 is 2.75. The van der Waals surface area contributed by atoms with Crippen LogP contribution in [-0.2, 0) is 20.9 Å². The number of anilines is 2. The topological polar surface area (TPSA) is 112 Å². The van der Waals surface area contributed by atoms with Crippen LogP contribution in [-0.4, -0.2) is 75.9 Å². The van der Waals surface area contributed by atoms with Crippen molar-refractivity contribution in [2.75, 3.05) is 24.7 Å². The molecule has 2 aliphatic rings. The first-order valence-electron chi connectivity index (χ1n) is 13.8. The van der Waals surface area contributed by atoms with E-state index in [-0.39, 0.29) is 36.8 Å². The molecular weight excluding hydrogens is 574 g/mol. The fourth-order valence-corrected chi connectivity index (χ4v) is 6.60. The zero-order chi connectivity index (χ0) is 29.6. The van der Waals surface area contributed by atoms with Crippen molar-refractivity contribution in [3.05, 3.63) is 77.3 Å². The smallest absolute Gasteiger partial charge is 0.411 e. The molecule has 0 bridgehead atoms. The third-order valence-corrected chi connectivity index (χ3v) is 9.14. The highest BCUT2D eigenvalue weighted by atomic mass is 32.2. The van der Waals surface area contributed by atoms with E-state index in [1.807, 2.05) is 30.3 Å². The largest absolute Gasteiger partial charge is 0.445 e. The summed E-state index contributed by atoms with van der Waals surface area (Å²) in [7, 11) is 3.38. The lowest BCUT2D eigenvalue weighted by atomic mass is 10.1. The molecule has 4 amide bonds. The van der Waals surface area contributed by atoms with E-state index in [9.17, 15) is 19.2 Å². The van der Waals surface area contributed by atoms with E-state index < -0.39 is 17.5 Å². The van der Waals surface area contributed by atoms with Gasteiger partial charge in [0.25, 0.3) is 11.8 Å². The number of thioether (sulfide) groups is 1. The van der Waals surface area contributed by atoms with Crippen molar-refractivity contribution in [1.29, 1.82) is 0 Å². The second kappa shape index (κ2) is 13.4. The highest BCUT2D eigenvalue weighted by Crippen LogP contribution is 2.37. The molecule has 220 valence electrons. The maximum absolute atomic E-state index is 14.3. The summed E-state index contributed by atoms with van der Waals surface area (Å²) < 4.78 is 5.68. The van der Waals surface area contributed by atoms with Gasteiger partial charge in [0, 0.05) is 49.5 Å². The number of amides is 4. The molecule has 2 heterocycles. The van der Waals surface area contributed by atoms with Gasteiger partial charge in [-0.2, -0.15) is 0 Å². The number of carbonyl (C=O) groups excluding carboxylic acids is 4. The Morgan fingerprint density at radius 1 is 1.05 bits per heavy atom. The van der Waals surface area contributed by atoms with Crippen molar-refractivity contribution in [3.63, 3.8) is 0 Å². The Bertz CT molecular complexity index is 1400. The number of hydrogen-bond donors (Lipinski definition) is 1. The van der Waals surface area contributed by atoms with Gasteiger partial charge in [-0.25, -0.2) is 9.78 Å². The summed E-state index contributed by atoms with van der Waals surface area (Å²) in [5, 5.41) is 4.78. The van der Waals surface area contributed by atoms with Gasteiger partial charge in [0.05, 0.1) is 11.1 Å². The molecule has 2 aromatic carbocycles. The first kappa shape index (κ1) is 29.6. The van der Waals surface area contributed by atoms with Crippen LogP contribution < -0.4 is 10.2 Å². The Balaban J connectivity index is 1.39. The number of carbonyl (C=O) groups is 4. The molecule has 1 aliphatic heterocycles. The number of nitrogens with one attached hydrogen (secondary N) is 1. The van der Waals surface area contributed by atoms with E-state index in [2.05, 4.69) is 10.3 Å². The van der Waals surface area contributed by atoms with Gasteiger partial charge in [-0.15, -0.1) is 23.1 Å². The lowest BCUT2D eigenvalue weighted by Gasteiger charge is -2.31. The van der Waals surface area contributed by atoms with Crippen LogP contribution in [0.1, 0.15) is 41.6 Å². The number of rotatable bonds is 10. The molecule has 0 spiro atoms. The van der Waals surface area contributed by atoms with Gasteiger partial charge in [0.2, 0.25) is 5.91 Å². The van der Waals surface area contributed by atoms with Crippen LogP contribution in [0.3, 0.4) is 0 Å². The second-order valence-corrected chi connectivity index (χ2v) is 12.4. The molecule has 12 heteroatoms. The third kappa shape index (κ3) is 7.11. The van der Waals surface area contributed by atoms with Crippen molar-refractivity contribution in [3.8, 4) is 0 Å². The highest BCUT2D eigenvalue weighted by Gasteiger charge is 2.45. The number of nitrogens with zero attached hydrogens (tertiary/aromatic N) is 4. The molecule has 1 aliphatic carbocycles. The third-order valence-electron chi connectivity index (χ3n) is 7.03. The van der Waals surface area contributed by atoms with Gasteiger partial charge >= 0.3 is 6.09 Å². The molecular formula is C30H33N5O5S2. The Hall–Kier alpha value is -3.90. The van der Waals surface area contributed by atoms with E-state index in [1.165, 1.54) is 37.8 Å². The van der Waals surface area contributed by atoms with Crippen LogP contribution in [0, 0.1) is 0 Å². The summed E-state index contributed by atoms with van der Waals surface area (Å²) in [6, 6.07) is 15.5. The van der Waals surface area contributed by atoms with Crippen LogP contribution in [0.2, 0.25) is 0 Å². The van der Waals surface area contributed by atoms with Crippen molar-refractivity contribution in [1.82, 2.24) is 20.1 Å². The zero-order valence-electron chi connectivity index (χ0n) is 23.5. The van der Waals surface area contributed by atoms with Gasteiger partial charge in [-0.05, 0) is 49.1 Å². The number of benzene rings is 2. The van der Waals surface area contributed by atoms with Gasteiger partial charge in [-0.1, -0.05) is 30.3 Å². The summed E-state index contributed by atoms with van der Waals surface area (Å²) in [5.41, 5.74) is 1.87. The highest BCUT2D eigenvalue weighted by molar-refractivity contribution is 8.00. The molecule has 1 N–H and O–H groups in total. The van der Waals surface area contributed by atoms with Crippen molar-refractivity contribution < 1.29 is 23.9 Å². The fourth-order valence-electron chi connectivity index (χ4n) is 4.55. The van der Waals surface area contributed by atoms with Crippen molar-refractivity contribution in [2.45, 2.75) is 49.7 Å². The lowest BCUT2D eigenvalue weighted by Crippen LogP contribution is -2.50. The minimum Gasteiger partial charge on any atom is -0.445 e. The van der Waals surface area contributed by atoms with E-state index >= 15 is 0 Å². The standard InChI is InChI=1S/C30H33N5O5S2/c1-33(2)25(36)14-15-26-35(30(39)40-18-20-6-4-3-5-7-20)24(19-42-26)28(38)34(29-31-16-17-41-29)23-12-8-21(9-13-23)27(37)32-22-10-11-22/h3-9,12-13,16-17,22,24,26H,10-11,14-15,18-19H2,1-2H3,(H,32,37). The van der Waals surface area contributed by atoms with E-state index in [1.54, 1.807) is 49.9 Å². The Labute approximate surface area is 253 Å². The van der Waals surface area contributed by atoms with E-state index in [0.717, 1.165) is 18.4 Å². The fraction of sp³-hybridized carbons (Fsp3) is 0.367. The maximum atomic E-state index is 14.3. The van der Waals surface area contributed by atoms with Gasteiger partial charge in [-0.3, -0.25) is 24.2 Å². The van der Waals surface area contributed by atoms with Gasteiger partial charge < -0.3 is 15.0 Å². The van der Waals surface area contributed by atoms with Crippen LogP contribution in [0.4, 0.5) is 15.6 Å². The van der Waals surface area contributed by atoms with Crippen LogP contribution >= 0.6 is 23.1 Å². The lowest BCUT2D eigenvalue weighted by molar-refractivity contribution is -0.128. The molecule has 1 saturated heterocycles. The number of thiazole rings is 1. The second-order valence-electron chi connectivity index (χ2n) is 10.4. The summed E-state index contributed by atoms with van der Waals surface area (Å²) in [4.78, 5) is 61.6. The number of hydrogen-bond acceptors (Lipinski definition) is 8. The predicted molar refractivity (Wildman–Crippen MR) is 163 cm³/mol. The molecule has 3 aromatic rings. The van der Waals surface area contributed by atoms with Crippen molar-refractivity contribution in [2.24, 2.45) is 0 Å². The minimum atomic E-state index is -0.848. The molecule has 5 rings (SSSR count). The SMILES string of the molecule is CN(C)C(=O)CCC1SCC(C(=O)N(c2ccc(C(=O)NC3CC3)cc2)c2nccs2)N1C(=O)OCc1ccccc1. The Kier molecular flexibility index (Phi) is 9.43. The molecule has 1 aromatic heterocycles. The van der Waals surface area contributed by atoms with Crippen LogP contribution in [0.5, 0.6) is 0 Å². The normalized spacial score (nSPS) is 17.9. The molecule has 2 fully saturated rings. The van der Waals surface area contributed by atoms with E-state index in [4.69, 9.17) is 4.74 Å². The van der Waals surface area contributed by atoms with Crippen LogP contribution in [0.15, 0.2) is 66.2 Å². The Morgan fingerprint density at radius 3 is 2.43 bits per heavy atom.